The molecule has 0 saturated heterocycles. The number of amides is 3. The quantitative estimate of drug-likeness (QED) is 0.537. The largest absolute Gasteiger partial charge is 0.352 e. The smallest absolute Gasteiger partial charge is 0.269 e. The van der Waals surface area contributed by atoms with Crippen molar-refractivity contribution >= 4 is 27.7 Å². The van der Waals surface area contributed by atoms with Gasteiger partial charge < -0.3 is 10.2 Å². The van der Waals surface area contributed by atoms with Crippen molar-refractivity contribution < 1.29 is 22.8 Å². The SMILES string of the molecule is CCC(C(=O)NC1CCCCC1)N(Cc1ccc(C)cc1)C(=O)CCN1C(=O)c2ccccc2S1(=O)=O. The van der Waals surface area contributed by atoms with Crippen molar-refractivity contribution in [1.82, 2.24) is 14.5 Å². The molecule has 3 amide bonds. The summed E-state index contributed by atoms with van der Waals surface area (Å²) < 4.78 is 26.6. The third-order valence-electron chi connectivity index (χ3n) is 7.25. The van der Waals surface area contributed by atoms with Crippen LogP contribution in [0.3, 0.4) is 0 Å². The van der Waals surface area contributed by atoms with Crippen LogP contribution in [0.5, 0.6) is 0 Å². The third kappa shape index (κ3) is 5.87. The van der Waals surface area contributed by atoms with E-state index in [2.05, 4.69) is 5.32 Å². The van der Waals surface area contributed by atoms with E-state index in [0.717, 1.165) is 41.1 Å². The zero-order valence-corrected chi connectivity index (χ0v) is 22.3. The van der Waals surface area contributed by atoms with Crippen molar-refractivity contribution in [2.24, 2.45) is 0 Å². The number of benzene rings is 2. The summed E-state index contributed by atoms with van der Waals surface area (Å²) in [5.41, 5.74) is 2.07. The summed E-state index contributed by atoms with van der Waals surface area (Å²) in [6, 6.07) is 13.2. The molecule has 2 aliphatic rings. The van der Waals surface area contributed by atoms with Crippen molar-refractivity contribution in [2.45, 2.75) is 82.3 Å². The summed E-state index contributed by atoms with van der Waals surface area (Å²) in [6.07, 6.45) is 5.40. The Morgan fingerprint density at radius 1 is 1.05 bits per heavy atom. The molecule has 1 heterocycles. The molecule has 0 spiro atoms. The highest BCUT2D eigenvalue weighted by Gasteiger charge is 2.41. The average Bonchev–Trinajstić information content (AvgIpc) is 3.09. The molecule has 37 heavy (non-hydrogen) atoms. The second-order valence-electron chi connectivity index (χ2n) is 9.90. The number of fused-ring (bicyclic) bond motifs is 1. The van der Waals surface area contributed by atoms with E-state index in [4.69, 9.17) is 0 Å². The number of nitrogens with one attached hydrogen (secondary N) is 1. The first-order valence-electron chi connectivity index (χ1n) is 13.0. The van der Waals surface area contributed by atoms with Crippen LogP contribution in [0.25, 0.3) is 0 Å². The molecule has 0 aromatic heterocycles. The van der Waals surface area contributed by atoms with Crippen LogP contribution in [0.4, 0.5) is 0 Å². The van der Waals surface area contributed by atoms with Crippen LogP contribution >= 0.6 is 0 Å². The van der Waals surface area contributed by atoms with Gasteiger partial charge >= 0.3 is 0 Å². The summed E-state index contributed by atoms with van der Waals surface area (Å²) in [5.74, 6) is -1.19. The highest BCUT2D eigenvalue weighted by Crippen LogP contribution is 2.30. The molecule has 0 bridgehead atoms. The summed E-state index contributed by atoms with van der Waals surface area (Å²) in [5, 5.41) is 3.14. The molecular formula is C28H35N3O5S. The molecule has 1 fully saturated rings. The normalized spacial score (nSPS) is 17.8. The Kier molecular flexibility index (Phi) is 8.32. The molecule has 8 nitrogen and oxygen atoms in total. The van der Waals surface area contributed by atoms with Gasteiger partial charge in [0, 0.05) is 25.6 Å². The van der Waals surface area contributed by atoms with Crippen LogP contribution in [0, 0.1) is 6.92 Å². The Hall–Kier alpha value is -3.20. The van der Waals surface area contributed by atoms with E-state index in [1.54, 1.807) is 12.1 Å². The molecule has 4 rings (SSSR count). The lowest BCUT2D eigenvalue weighted by atomic mass is 9.95. The number of aryl methyl sites for hydroxylation is 1. The van der Waals surface area contributed by atoms with E-state index >= 15 is 0 Å². The third-order valence-corrected chi connectivity index (χ3v) is 9.09. The van der Waals surface area contributed by atoms with Crippen molar-refractivity contribution in [3.05, 3.63) is 65.2 Å². The summed E-state index contributed by atoms with van der Waals surface area (Å²) in [4.78, 5) is 41.2. The highest BCUT2D eigenvalue weighted by atomic mass is 32.2. The Bertz CT molecular complexity index is 1250. The monoisotopic (exact) mass is 525 g/mol. The van der Waals surface area contributed by atoms with E-state index in [1.165, 1.54) is 23.5 Å². The van der Waals surface area contributed by atoms with Crippen LogP contribution in [0.15, 0.2) is 53.4 Å². The molecule has 1 unspecified atom stereocenters. The lowest BCUT2D eigenvalue weighted by molar-refractivity contribution is -0.141. The van der Waals surface area contributed by atoms with E-state index in [0.29, 0.717) is 6.42 Å². The van der Waals surface area contributed by atoms with Gasteiger partial charge in [-0.3, -0.25) is 14.4 Å². The standard InChI is InChI=1S/C28H35N3O5S/c1-3-24(27(33)29-22-9-5-4-6-10-22)30(19-21-15-13-20(2)14-16-21)26(32)17-18-31-28(34)23-11-7-8-12-25(23)37(31,35)36/h7-8,11-16,22,24H,3-6,9-10,17-19H2,1-2H3,(H,29,33). The minimum atomic E-state index is -4.01. The van der Waals surface area contributed by atoms with Gasteiger partial charge in [0.1, 0.15) is 10.9 Å². The average molecular weight is 526 g/mol. The molecule has 198 valence electrons. The number of hydrogen-bond donors (Lipinski definition) is 1. The fourth-order valence-electron chi connectivity index (χ4n) is 5.15. The summed E-state index contributed by atoms with van der Waals surface area (Å²) in [7, 11) is -4.01. The molecule has 2 aromatic carbocycles. The van der Waals surface area contributed by atoms with Crippen molar-refractivity contribution in [1.29, 1.82) is 0 Å². The first-order chi connectivity index (χ1) is 17.7. The number of carbonyl (C=O) groups excluding carboxylic acids is 3. The second kappa shape index (κ2) is 11.5. The van der Waals surface area contributed by atoms with Gasteiger partial charge in [-0.05, 0) is 43.9 Å². The lowest BCUT2D eigenvalue weighted by Crippen LogP contribution is -2.52. The number of hydrogen-bond acceptors (Lipinski definition) is 5. The highest BCUT2D eigenvalue weighted by molar-refractivity contribution is 7.90. The number of rotatable bonds is 9. The van der Waals surface area contributed by atoms with E-state index in [1.807, 2.05) is 38.1 Å². The lowest BCUT2D eigenvalue weighted by Gasteiger charge is -2.33. The zero-order valence-electron chi connectivity index (χ0n) is 21.5. The molecule has 1 atom stereocenters. The van der Waals surface area contributed by atoms with Crippen molar-refractivity contribution in [2.75, 3.05) is 6.54 Å². The van der Waals surface area contributed by atoms with Gasteiger partial charge in [0.25, 0.3) is 15.9 Å². The van der Waals surface area contributed by atoms with Gasteiger partial charge in [-0.1, -0.05) is 68.1 Å². The predicted octanol–water partition coefficient (Wildman–Crippen LogP) is 3.79. The maximum atomic E-state index is 13.6. The summed E-state index contributed by atoms with van der Waals surface area (Å²) >= 11 is 0. The first-order valence-corrected chi connectivity index (χ1v) is 14.5. The zero-order chi connectivity index (χ0) is 26.6. The maximum absolute atomic E-state index is 13.6. The minimum Gasteiger partial charge on any atom is -0.352 e. The fraction of sp³-hybridized carbons (Fsp3) is 0.464. The molecule has 1 aliphatic carbocycles. The van der Waals surface area contributed by atoms with Gasteiger partial charge in [0.2, 0.25) is 11.8 Å². The van der Waals surface area contributed by atoms with Crippen LogP contribution in [0.1, 0.15) is 73.4 Å². The summed E-state index contributed by atoms with van der Waals surface area (Å²) in [6.45, 7) is 3.78. The van der Waals surface area contributed by atoms with Crippen LogP contribution in [0.2, 0.25) is 0 Å². The van der Waals surface area contributed by atoms with E-state index in [9.17, 15) is 22.8 Å². The van der Waals surface area contributed by atoms with Crippen LogP contribution < -0.4 is 5.32 Å². The molecule has 9 heteroatoms. The van der Waals surface area contributed by atoms with Gasteiger partial charge in [-0.2, -0.15) is 0 Å². The van der Waals surface area contributed by atoms with Gasteiger partial charge in [-0.15, -0.1) is 0 Å². The first kappa shape index (κ1) is 26.9. The molecule has 1 N–H and O–H groups in total. The molecule has 2 aromatic rings. The molecule has 1 aliphatic heterocycles. The van der Waals surface area contributed by atoms with Crippen LogP contribution in [-0.4, -0.2) is 54.0 Å². The molecule has 1 saturated carbocycles. The minimum absolute atomic E-state index is 0.0396. The van der Waals surface area contributed by atoms with Crippen molar-refractivity contribution in [3.63, 3.8) is 0 Å². The van der Waals surface area contributed by atoms with Gasteiger partial charge in [0.05, 0.1) is 5.56 Å². The Morgan fingerprint density at radius 3 is 2.38 bits per heavy atom. The Balaban J connectivity index is 1.52. The van der Waals surface area contributed by atoms with Gasteiger partial charge in [0.15, 0.2) is 0 Å². The number of sulfonamides is 1. The Labute approximate surface area is 219 Å². The fourth-order valence-corrected chi connectivity index (χ4v) is 6.72. The van der Waals surface area contributed by atoms with E-state index < -0.39 is 22.0 Å². The van der Waals surface area contributed by atoms with Crippen molar-refractivity contribution in [3.8, 4) is 0 Å². The maximum Gasteiger partial charge on any atom is 0.269 e. The topological polar surface area (TPSA) is 104 Å². The molecular weight excluding hydrogens is 490 g/mol. The number of carbonyl (C=O) groups is 3. The predicted molar refractivity (Wildman–Crippen MR) is 140 cm³/mol. The Morgan fingerprint density at radius 2 is 1.73 bits per heavy atom. The molecule has 0 radical (unpaired) electrons. The number of nitrogens with zero attached hydrogens (tertiary/aromatic N) is 2. The van der Waals surface area contributed by atoms with E-state index in [-0.39, 0.29) is 47.8 Å². The van der Waals surface area contributed by atoms with Gasteiger partial charge in [-0.25, -0.2) is 12.7 Å². The van der Waals surface area contributed by atoms with Crippen LogP contribution in [-0.2, 0) is 26.2 Å². The second-order valence-corrected chi connectivity index (χ2v) is 11.7.